The number of morpholine rings is 1. The third-order valence-electron chi connectivity index (χ3n) is 4.19. The van der Waals surface area contributed by atoms with E-state index in [1.54, 1.807) is 7.11 Å². The molecule has 2 atom stereocenters. The highest BCUT2D eigenvalue weighted by Gasteiger charge is 2.28. The molecule has 1 aromatic carbocycles. The van der Waals surface area contributed by atoms with Gasteiger partial charge in [0.1, 0.15) is 11.4 Å². The van der Waals surface area contributed by atoms with Crippen LogP contribution in [0.1, 0.15) is 29.9 Å². The minimum atomic E-state index is 0.0367. The van der Waals surface area contributed by atoms with Crippen molar-refractivity contribution in [3.8, 4) is 5.75 Å². The molecule has 0 spiro atoms. The Morgan fingerprint density at radius 2 is 2.00 bits per heavy atom. The number of carbonyl (C=O) groups excluding carboxylic acids is 1. The first-order valence-corrected chi connectivity index (χ1v) is 7.60. The van der Waals surface area contributed by atoms with Crippen molar-refractivity contribution in [3.05, 3.63) is 29.5 Å². The number of amides is 1. The van der Waals surface area contributed by atoms with Crippen LogP contribution in [0, 0.1) is 6.92 Å². The molecule has 5 nitrogen and oxygen atoms in total. The van der Waals surface area contributed by atoms with Gasteiger partial charge < -0.3 is 19.4 Å². The SMILES string of the molecule is COc1ccc2[nH]c(C(=O)N3CC(C)OC(C)C3)c(C)c2c1. The van der Waals surface area contributed by atoms with Gasteiger partial charge in [0.25, 0.3) is 5.91 Å². The molecule has 1 aliphatic heterocycles. The number of H-pyrrole nitrogens is 1. The summed E-state index contributed by atoms with van der Waals surface area (Å²) in [5, 5.41) is 1.03. The van der Waals surface area contributed by atoms with Crippen LogP contribution in [0.4, 0.5) is 0 Å². The second kappa shape index (κ2) is 5.65. The molecule has 0 aliphatic carbocycles. The molecule has 0 bridgehead atoms. The molecule has 1 amide bonds. The van der Waals surface area contributed by atoms with Crippen molar-refractivity contribution < 1.29 is 14.3 Å². The van der Waals surface area contributed by atoms with E-state index in [0.29, 0.717) is 18.8 Å². The summed E-state index contributed by atoms with van der Waals surface area (Å²) in [7, 11) is 1.64. The summed E-state index contributed by atoms with van der Waals surface area (Å²) in [6.45, 7) is 7.22. The summed E-state index contributed by atoms with van der Waals surface area (Å²) < 4.78 is 11.0. The minimum Gasteiger partial charge on any atom is -0.497 e. The highest BCUT2D eigenvalue weighted by molar-refractivity contribution is 6.01. The number of hydrogen-bond donors (Lipinski definition) is 1. The smallest absolute Gasteiger partial charge is 0.270 e. The van der Waals surface area contributed by atoms with Crippen molar-refractivity contribution in [2.24, 2.45) is 0 Å². The number of ether oxygens (including phenoxy) is 2. The van der Waals surface area contributed by atoms with Crippen molar-refractivity contribution in [3.63, 3.8) is 0 Å². The average molecular weight is 302 g/mol. The second-order valence-corrected chi connectivity index (χ2v) is 6.00. The summed E-state index contributed by atoms with van der Waals surface area (Å²) in [5.41, 5.74) is 2.58. The van der Waals surface area contributed by atoms with Crippen molar-refractivity contribution in [2.45, 2.75) is 33.0 Å². The van der Waals surface area contributed by atoms with Gasteiger partial charge in [-0.1, -0.05) is 0 Å². The van der Waals surface area contributed by atoms with Gasteiger partial charge in [-0.15, -0.1) is 0 Å². The monoisotopic (exact) mass is 302 g/mol. The molecular weight excluding hydrogens is 280 g/mol. The molecule has 1 aromatic heterocycles. The minimum absolute atomic E-state index is 0.0367. The van der Waals surface area contributed by atoms with Gasteiger partial charge in [-0.2, -0.15) is 0 Å². The number of carbonyl (C=O) groups is 1. The molecule has 2 unspecified atom stereocenters. The van der Waals surface area contributed by atoms with Crippen molar-refractivity contribution in [2.75, 3.05) is 20.2 Å². The molecule has 1 fully saturated rings. The molecular formula is C17H22N2O3. The third-order valence-corrected chi connectivity index (χ3v) is 4.19. The van der Waals surface area contributed by atoms with Gasteiger partial charge in [0.05, 0.1) is 19.3 Å². The van der Waals surface area contributed by atoms with Gasteiger partial charge in [0, 0.05) is 24.0 Å². The van der Waals surface area contributed by atoms with Crippen LogP contribution < -0.4 is 4.74 Å². The van der Waals surface area contributed by atoms with Crippen LogP contribution in [-0.2, 0) is 4.74 Å². The van der Waals surface area contributed by atoms with Crippen molar-refractivity contribution in [1.82, 2.24) is 9.88 Å². The summed E-state index contributed by atoms with van der Waals surface area (Å²) in [6, 6.07) is 5.80. The Hall–Kier alpha value is -2.01. The number of methoxy groups -OCH3 is 1. The summed E-state index contributed by atoms with van der Waals surface area (Å²) in [6.07, 6.45) is 0.134. The Labute approximate surface area is 130 Å². The molecule has 2 aromatic rings. The topological polar surface area (TPSA) is 54.6 Å². The fraction of sp³-hybridized carbons (Fsp3) is 0.471. The maximum Gasteiger partial charge on any atom is 0.270 e. The van der Waals surface area contributed by atoms with E-state index in [4.69, 9.17) is 9.47 Å². The van der Waals surface area contributed by atoms with Crippen LogP contribution in [0.25, 0.3) is 10.9 Å². The van der Waals surface area contributed by atoms with Gasteiger partial charge in [-0.3, -0.25) is 4.79 Å². The maximum atomic E-state index is 12.8. The van der Waals surface area contributed by atoms with E-state index in [-0.39, 0.29) is 18.1 Å². The summed E-state index contributed by atoms with van der Waals surface area (Å²) in [5.74, 6) is 0.830. The largest absolute Gasteiger partial charge is 0.497 e. The first-order valence-electron chi connectivity index (χ1n) is 7.60. The van der Waals surface area contributed by atoms with Crippen LogP contribution in [0.5, 0.6) is 5.75 Å². The fourth-order valence-electron chi connectivity index (χ4n) is 3.15. The zero-order chi connectivity index (χ0) is 15.9. The lowest BCUT2D eigenvalue weighted by Gasteiger charge is -2.35. The van der Waals surface area contributed by atoms with Crippen LogP contribution in [0.15, 0.2) is 18.2 Å². The second-order valence-electron chi connectivity index (χ2n) is 6.00. The number of nitrogens with zero attached hydrogens (tertiary/aromatic N) is 1. The van der Waals surface area contributed by atoms with E-state index in [1.165, 1.54) is 0 Å². The average Bonchev–Trinajstić information content (AvgIpc) is 2.82. The van der Waals surface area contributed by atoms with Crippen LogP contribution in [0.2, 0.25) is 0 Å². The number of fused-ring (bicyclic) bond motifs is 1. The fourth-order valence-corrected chi connectivity index (χ4v) is 3.15. The number of aromatic nitrogens is 1. The molecule has 0 radical (unpaired) electrons. The van der Waals surface area contributed by atoms with E-state index >= 15 is 0 Å². The molecule has 2 heterocycles. The highest BCUT2D eigenvalue weighted by Crippen LogP contribution is 2.27. The normalized spacial score (nSPS) is 22.1. The number of aryl methyl sites for hydroxylation is 1. The number of benzene rings is 1. The lowest BCUT2D eigenvalue weighted by atomic mass is 10.1. The molecule has 1 saturated heterocycles. The standard InChI is InChI=1S/C17H22N2O3/c1-10-8-19(9-11(2)22-10)17(20)16-12(3)14-7-13(21-4)5-6-15(14)18-16/h5-7,10-11,18H,8-9H2,1-4H3. The van der Waals surface area contributed by atoms with Gasteiger partial charge in [0.15, 0.2) is 0 Å². The van der Waals surface area contributed by atoms with E-state index in [1.807, 2.05) is 43.9 Å². The molecule has 1 N–H and O–H groups in total. The number of aromatic amines is 1. The lowest BCUT2D eigenvalue weighted by Crippen LogP contribution is -2.48. The van der Waals surface area contributed by atoms with Crippen LogP contribution in [0.3, 0.4) is 0 Å². The Balaban J connectivity index is 1.95. The maximum absolute atomic E-state index is 12.8. The Morgan fingerprint density at radius 3 is 2.64 bits per heavy atom. The molecule has 5 heteroatoms. The highest BCUT2D eigenvalue weighted by atomic mass is 16.5. The van der Waals surface area contributed by atoms with Crippen LogP contribution in [-0.4, -0.2) is 48.2 Å². The molecule has 3 rings (SSSR count). The zero-order valence-corrected chi connectivity index (χ0v) is 13.5. The third kappa shape index (κ3) is 2.57. The number of rotatable bonds is 2. The van der Waals surface area contributed by atoms with Gasteiger partial charge >= 0.3 is 0 Å². The molecule has 118 valence electrons. The predicted octanol–water partition coefficient (Wildman–Crippen LogP) is 2.73. The predicted molar refractivity (Wildman–Crippen MR) is 85.5 cm³/mol. The van der Waals surface area contributed by atoms with E-state index < -0.39 is 0 Å². The summed E-state index contributed by atoms with van der Waals surface area (Å²) >= 11 is 0. The first-order chi connectivity index (χ1) is 10.5. The van der Waals surface area contributed by atoms with E-state index in [9.17, 15) is 4.79 Å². The molecule has 22 heavy (non-hydrogen) atoms. The van der Waals surface area contributed by atoms with Crippen molar-refractivity contribution >= 4 is 16.8 Å². The number of nitrogens with one attached hydrogen (secondary N) is 1. The Bertz CT molecular complexity index is 697. The van der Waals surface area contributed by atoms with Gasteiger partial charge in [0.2, 0.25) is 0 Å². The first kappa shape index (κ1) is 14.9. The van der Waals surface area contributed by atoms with Gasteiger partial charge in [-0.05, 0) is 44.5 Å². The quantitative estimate of drug-likeness (QED) is 0.928. The van der Waals surface area contributed by atoms with E-state index in [0.717, 1.165) is 22.2 Å². The molecule has 0 saturated carbocycles. The number of hydrogen-bond acceptors (Lipinski definition) is 3. The molecule has 1 aliphatic rings. The zero-order valence-electron chi connectivity index (χ0n) is 13.5. The van der Waals surface area contributed by atoms with Crippen LogP contribution >= 0.6 is 0 Å². The van der Waals surface area contributed by atoms with Gasteiger partial charge in [-0.25, -0.2) is 0 Å². The Morgan fingerprint density at radius 1 is 1.32 bits per heavy atom. The summed E-state index contributed by atoms with van der Waals surface area (Å²) in [4.78, 5) is 18.0. The van der Waals surface area contributed by atoms with Crippen molar-refractivity contribution in [1.29, 1.82) is 0 Å². The lowest BCUT2D eigenvalue weighted by molar-refractivity contribution is -0.0587. The van der Waals surface area contributed by atoms with E-state index in [2.05, 4.69) is 4.98 Å². The Kier molecular flexibility index (Phi) is 3.83.